The van der Waals surface area contributed by atoms with Crippen LogP contribution in [0.1, 0.15) is 0 Å². The van der Waals surface area contributed by atoms with Crippen LogP contribution in [-0.4, -0.2) is 9.91 Å². The first kappa shape index (κ1) is 12.1. The molecule has 0 spiro atoms. The summed E-state index contributed by atoms with van der Waals surface area (Å²) < 4.78 is 5.31. The van der Waals surface area contributed by atoms with Crippen LogP contribution in [0.5, 0.6) is 11.6 Å². The minimum absolute atomic E-state index is 0.117. The van der Waals surface area contributed by atoms with Crippen LogP contribution in [0, 0.1) is 10.1 Å². The highest BCUT2D eigenvalue weighted by Crippen LogP contribution is 2.31. The fourth-order valence-electron chi connectivity index (χ4n) is 1.27. The number of anilines is 1. The van der Waals surface area contributed by atoms with Crippen molar-refractivity contribution in [2.75, 3.05) is 5.73 Å². The first-order valence-electron chi connectivity index (χ1n) is 4.89. The molecule has 0 atom stereocenters. The predicted octanol–water partition coefficient (Wildman–Crippen LogP) is 3.02. The van der Waals surface area contributed by atoms with Gasteiger partial charge in [0.05, 0.1) is 16.1 Å². The summed E-state index contributed by atoms with van der Waals surface area (Å²) >= 11 is 5.65. The van der Waals surface area contributed by atoms with Gasteiger partial charge < -0.3 is 10.5 Å². The maximum Gasteiger partial charge on any atom is 0.332 e. The van der Waals surface area contributed by atoms with Crippen molar-refractivity contribution in [1.82, 2.24) is 4.98 Å². The molecular formula is C11H8ClN3O3. The van der Waals surface area contributed by atoms with Crippen molar-refractivity contribution in [3.05, 3.63) is 51.7 Å². The average molecular weight is 266 g/mol. The molecule has 1 heterocycles. The molecule has 0 amide bonds. The van der Waals surface area contributed by atoms with Crippen molar-refractivity contribution < 1.29 is 9.66 Å². The molecule has 92 valence electrons. The highest BCUT2D eigenvalue weighted by Gasteiger charge is 2.18. The number of hydrogen-bond donors (Lipinski definition) is 1. The highest BCUT2D eigenvalue weighted by molar-refractivity contribution is 6.30. The second kappa shape index (κ2) is 4.89. The Hall–Kier alpha value is -2.34. The Morgan fingerprint density at radius 1 is 1.33 bits per heavy atom. The Balaban J connectivity index is 2.34. The highest BCUT2D eigenvalue weighted by atomic mass is 35.5. The molecule has 7 heteroatoms. The number of hydrogen-bond acceptors (Lipinski definition) is 5. The first-order chi connectivity index (χ1) is 8.56. The van der Waals surface area contributed by atoms with Gasteiger partial charge in [-0.05, 0) is 24.3 Å². The number of nitrogens with two attached hydrogens (primary N) is 1. The Morgan fingerprint density at radius 2 is 2.00 bits per heavy atom. The van der Waals surface area contributed by atoms with E-state index in [4.69, 9.17) is 22.1 Å². The summed E-state index contributed by atoms with van der Waals surface area (Å²) in [6.45, 7) is 0. The molecule has 0 aliphatic rings. The molecule has 1 aromatic carbocycles. The normalized spacial score (nSPS) is 10.1. The average Bonchev–Trinajstić information content (AvgIpc) is 2.34. The third-order valence-corrected chi connectivity index (χ3v) is 2.30. The molecule has 0 aliphatic heterocycles. The molecule has 0 saturated carbocycles. The van der Waals surface area contributed by atoms with Crippen LogP contribution in [0.4, 0.5) is 11.4 Å². The van der Waals surface area contributed by atoms with E-state index in [1.54, 1.807) is 24.3 Å². The van der Waals surface area contributed by atoms with Crippen LogP contribution in [0.3, 0.4) is 0 Å². The summed E-state index contributed by atoms with van der Waals surface area (Å²) in [7, 11) is 0. The van der Waals surface area contributed by atoms with Crippen molar-refractivity contribution >= 4 is 23.0 Å². The van der Waals surface area contributed by atoms with Crippen molar-refractivity contribution in [2.24, 2.45) is 0 Å². The summed E-state index contributed by atoms with van der Waals surface area (Å²) in [5, 5.41) is 11.0. The standard InChI is InChI=1S/C11H8ClN3O3/c12-7-5-10(15(16)17)11(14-6-7)18-9-3-1-8(13)2-4-9/h1-6H,13H2. The van der Waals surface area contributed by atoms with Gasteiger partial charge >= 0.3 is 5.69 Å². The summed E-state index contributed by atoms with van der Waals surface area (Å²) in [6, 6.07) is 7.61. The Labute approximate surface area is 107 Å². The summed E-state index contributed by atoms with van der Waals surface area (Å²) in [5.41, 5.74) is 5.80. The maximum absolute atomic E-state index is 10.8. The molecular weight excluding hydrogens is 258 g/mol. The van der Waals surface area contributed by atoms with Gasteiger partial charge in [0, 0.05) is 11.8 Å². The Morgan fingerprint density at radius 3 is 2.61 bits per heavy atom. The third kappa shape index (κ3) is 2.67. The van der Waals surface area contributed by atoms with Gasteiger partial charge in [-0.25, -0.2) is 4.98 Å². The molecule has 0 radical (unpaired) electrons. The van der Waals surface area contributed by atoms with Crippen molar-refractivity contribution in [2.45, 2.75) is 0 Å². The van der Waals surface area contributed by atoms with Crippen LogP contribution in [0.25, 0.3) is 0 Å². The number of halogens is 1. The molecule has 0 fully saturated rings. The number of nitro groups is 1. The van der Waals surface area contributed by atoms with E-state index in [1.165, 1.54) is 12.3 Å². The Bertz CT molecular complexity index is 587. The number of nitrogens with zero attached hydrogens (tertiary/aromatic N) is 2. The summed E-state index contributed by atoms with van der Waals surface area (Å²) in [6.07, 6.45) is 1.28. The number of benzene rings is 1. The molecule has 2 rings (SSSR count). The number of ether oxygens (including phenoxy) is 1. The van der Waals surface area contributed by atoms with Gasteiger partial charge in [-0.3, -0.25) is 10.1 Å². The summed E-state index contributed by atoms with van der Waals surface area (Å²) in [4.78, 5) is 14.0. The monoisotopic (exact) mass is 265 g/mol. The zero-order valence-corrected chi connectivity index (χ0v) is 9.79. The smallest absolute Gasteiger partial charge is 0.332 e. The minimum atomic E-state index is -0.606. The predicted molar refractivity (Wildman–Crippen MR) is 66.8 cm³/mol. The largest absolute Gasteiger partial charge is 0.434 e. The van der Waals surface area contributed by atoms with Crippen molar-refractivity contribution in [3.63, 3.8) is 0 Å². The van der Waals surface area contributed by atoms with Crippen LogP contribution < -0.4 is 10.5 Å². The van der Waals surface area contributed by atoms with E-state index < -0.39 is 4.92 Å². The van der Waals surface area contributed by atoms with Gasteiger partial charge in [0.2, 0.25) is 0 Å². The second-order valence-electron chi connectivity index (χ2n) is 3.41. The molecule has 2 aromatic rings. The molecule has 0 saturated heterocycles. The van der Waals surface area contributed by atoms with Gasteiger partial charge in [-0.1, -0.05) is 11.6 Å². The lowest BCUT2D eigenvalue weighted by molar-refractivity contribution is -0.386. The number of aromatic nitrogens is 1. The van der Waals surface area contributed by atoms with Crippen molar-refractivity contribution in [1.29, 1.82) is 0 Å². The fourth-order valence-corrected chi connectivity index (χ4v) is 1.43. The molecule has 1 aromatic heterocycles. The minimum Gasteiger partial charge on any atom is -0.434 e. The zero-order chi connectivity index (χ0) is 13.1. The van der Waals surface area contributed by atoms with E-state index in [0.29, 0.717) is 11.4 Å². The second-order valence-corrected chi connectivity index (χ2v) is 3.84. The number of nitrogen functional groups attached to an aromatic ring is 1. The quantitative estimate of drug-likeness (QED) is 0.523. The van der Waals surface area contributed by atoms with E-state index >= 15 is 0 Å². The van der Waals surface area contributed by atoms with Gasteiger partial charge in [0.15, 0.2) is 0 Å². The van der Waals surface area contributed by atoms with E-state index in [9.17, 15) is 10.1 Å². The molecule has 0 bridgehead atoms. The molecule has 18 heavy (non-hydrogen) atoms. The lowest BCUT2D eigenvalue weighted by Crippen LogP contribution is -1.96. The zero-order valence-electron chi connectivity index (χ0n) is 9.04. The lowest BCUT2D eigenvalue weighted by Gasteiger charge is -2.05. The number of rotatable bonds is 3. The van der Waals surface area contributed by atoms with Gasteiger partial charge in [-0.2, -0.15) is 0 Å². The first-order valence-corrected chi connectivity index (χ1v) is 5.27. The van der Waals surface area contributed by atoms with Gasteiger partial charge in [0.1, 0.15) is 5.75 Å². The fraction of sp³-hybridized carbons (Fsp3) is 0. The van der Waals surface area contributed by atoms with E-state index in [0.717, 1.165) is 0 Å². The van der Waals surface area contributed by atoms with E-state index in [2.05, 4.69) is 4.98 Å². The van der Waals surface area contributed by atoms with Crippen LogP contribution in [0.15, 0.2) is 36.5 Å². The molecule has 0 aliphatic carbocycles. The molecule has 2 N–H and O–H groups in total. The molecule has 0 unspecified atom stereocenters. The van der Waals surface area contributed by atoms with E-state index in [-0.39, 0.29) is 16.6 Å². The third-order valence-electron chi connectivity index (χ3n) is 2.09. The maximum atomic E-state index is 10.8. The SMILES string of the molecule is Nc1ccc(Oc2ncc(Cl)cc2[N+](=O)[O-])cc1. The topological polar surface area (TPSA) is 91.3 Å². The Kier molecular flexibility index (Phi) is 3.29. The lowest BCUT2D eigenvalue weighted by atomic mass is 10.3. The van der Waals surface area contributed by atoms with Crippen LogP contribution in [0.2, 0.25) is 5.02 Å². The van der Waals surface area contributed by atoms with Crippen LogP contribution in [-0.2, 0) is 0 Å². The van der Waals surface area contributed by atoms with Crippen LogP contribution >= 0.6 is 11.6 Å². The summed E-state index contributed by atoms with van der Waals surface area (Å²) in [5.74, 6) is 0.288. The molecule has 6 nitrogen and oxygen atoms in total. The van der Waals surface area contributed by atoms with Crippen molar-refractivity contribution in [3.8, 4) is 11.6 Å². The van der Waals surface area contributed by atoms with Gasteiger partial charge in [-0.15, -0.1) is 0 Å². The van der Waals surface area contributed by atoms with Gasteiger partial charge in [0.25, 0.3) is 5.88 Å². The van der Waals surface area contributed by atoms with E-state index in [1.807, 2.05) is 0 Å². The number of pyridine rings is 1.